The first-order valence-electron chi connectivity index (χ1n) is 5.90. The fraction of sp³-hybridized carbons (Fsp3) is 0.429. The highest BCUT2D eigenvalue weighted by Gasteiger charge is 2.09. The molecule has 2 unspecified atom stereocenters. The monoisotopic (exact) mass is 253 g/mol. The van der Waals surface area contributed by atoms with Crippen LogP contribution in [-0.4, -0.2) is 12.6 Å². The third kappa shape index (κ3) is 4.06. The standard InChI is InChI=1S/C14H20ClNO/c1-5-10(3)17-14-8-7-12(9-13(14)15)11(4)16-6-2/h5,7-11,16H,1,6H2,2-4H3. The maximum Gasteiger partial charge on any atom is 0.138 e. The maximum atomic E-state index is 6.19. The molecule has 94 valence electrons. The van der Waals surface area contributed by atoms with E-state index in [1.54, 1.807) is 6.08 Å². The number of rotatable bonds is 6. The van der Waals surface area contributed by atoms with Crippen molar-refractivity contribution in [1.82, 2.24) is 5.32 Å². The smallest absolute Gasteiger partial charge is 0.138 e. The van der Waals surface area contributed by atoms with Crippen LogP contribution in [0.4, 0.5) is 0 Å². The second-order valence-electron chi connectivity index (χ2n) is 4.03. The van der Waals surface area contributed by atoms with Gasteiger partial charge in [0.05, 0.1) is 5.02 Å². The predicted molar refractivity (Wildman–Crippen MR) is 73.8 cm³/mol. The van der Waals surface area contributed by atoms with E-state index in [-0.39, 0.29) is 6.10 Å². The van der Waals surface area contributed by atoms with Crippen LogP contribution in [0, 0.1) is 0 Å². The van der Waals surface area contributed by atoms with Crippen LogP contribution in [0.25, 0.3) is 0 Å². The van der Waals surface area contributed by atoms with Gasteiger partial charge in [-0.3, -0.25) is 0 Å². The number of benzene rings is 1. The van der Waals surface area contributed by atoms with Crippen LogP contribution >= 0.6 is 11.6 Å². The number of ether oxygens (including phenoxy) is 1. The molecule has 1 rings (SSSR count). The fourth-order valence-electron chi connectivity index (χ4n) is 1.55. The second kappa shape index (κ2) is 6.67. The summed E-state index contributed by atoms with van der Waals surface area (Å²) >= 11 is 6.19. The molecule has 0 radical (unpaired) electrons. The Morgan fingerprint density at radius 1 is 1.47 bits per heavy atom. The highest BCUT2D eigenvalue weighted by atomic mass is 35.5. The topological polar surface area (TPSA) is 21.3 Å². The van der Waals surface area contributed by atoms with E-state index in [0.717, 1.165) is 12.1 Å². The van der Waals surface area contributed by atoms with E-state index in [1.165, 1.54) is 0 Å². The van der Waals surface area contributed by atoms with E-state index in [1.807, 2.05) is 25.1 Å². The molecule has 0 aromatic heterocycles. The van der Waals surface area contributed by atoms with E-state index in [2.05, 4.69) is 25.7 Å². The van der Waals surface area contributed by atoms with Gasteiger partial charge in [0.25, 0.3) is 0 Å². The van der Waals surface area contributed by atoms with Gasteiger partial charge in [0.15, 0.2) is 0 Å². The summed E-state index contributed by atoms with van der Waals surface area (Å²) in [6, 6.07) is 6.18. The molecule has 0 saturated carbocycles. The number of halogens is 1. The van der Waals surface area contributed by atoms with Crippen molar-refractivity contribution in [3.63, 3.8) is 0 Å². The molecule has 0 aliphatic rings. The lowest BCUT2D eigenvalue weighted by Gasteiger charge is -2.16. The Bertz CT molecular complexity index is 378. The first-order chi connectivity index (χ1) is 8.08. The molecule has 1 aromatic rings. The SMILES string of the molecule is C=CC(C)Oc1ccc(C(C)NCC)cc1Cl. The minimum Gasteiger partial charge on any atom is -0.485 e. The minimum absolute atomic E-state index is 0.0375. The van der Waals surface area contributed by atoms with Gasteiger partial charge in [-0.25, -0.2) is 0 Å². The van der Waals surface area contributed by atoms with E-state index < -0.39 is 0 Å². The van der Waals surface area contributed by atoms with Crippen LogP contribution in [0.15, 0.2) is 30.9 Å². The van der Waals surface area contributed by atoms with Gasteiger partial charge in [-0.1, -0.05) is 37.2 Å². The molecule has 2 atom stereocenters. The molecular weight excluding hydrogens is 234 g/mol. The summed E-state index contributed by atoms with van der Waals surface area (Å²) in [4.78, 5) is 0. The third-order valence-electron chi connectivity index (χ3n) is 2.61. The molecular formula is C14H20ClNO. The van der Waals surface area contributed by atoms with Gasteiger partial charge in [0.1, 0.15) is 11.9 Å². The summed E-state index contributed by atoms with van der Waals surface area (Å²) in [5.74, 6) is 0.700. The van der Waals surface area contributed by atoms with Crippen molar-refractivity contribution in [3.05, 3.63) is 41.4 Å². The van der Waals surface area contributed by atoms with E-state index >= 15 is 0 Å². The Kier molecular flexibility index (Phi) is 5.52. The predicted octanol–water partition coefficient (Wildman–Crippen LogP) is 3.96. The maximum absolute atomic E-state index is 6.19. The van der Waals surface area contributed by atoms with Crippen molar-refractivity contribution in [2.24, 2.45) is 0 Å². The average Bonchev–Trinajstić information content (AvgIpc) is 2.31. The molecule has 0 amide bonds. The van der Waals surface area contributed by atoms with Gasteiger partial charge < -0.3 is 10.1 Å². The first kappa shape index (κ1) is 14.1. The third-order valence-corrected chi connectivity index (χ3v) is 2.91. The van der Waals surface area contributed by atoms with Crippen molar-refractivity contribution in [3.8, 4) is 5.75 Å². The van der Waals surface area contributed by atoms with E-state index in [9.17, 15) is 0 Å². The number of nitrogens with one attached hydrogen (secondary N) is 1. The Balaban J connectivity index is 2.82. The van der Waals surface area contributed by atoms with Crippen molar-refractivity contribution < 1.29 is 4.74 Å². The highest BCUT2D eigenvalue weighted by Crippen LogP contribution is 2.28. The van der Waals surface area contributed by atoms with Crippen LogP contribution in [0.3, 0.4) is 0 Å². The van der Waals surface area contributed by atoms with Crippen LogP contribution in [-0.2, 0) is 0 Å². The van der Waals surface area contributed by atoms with Crippen molar-refractivity contribution >= 4 is 11.6 Å². The van der Waals surface area contributed by atoms with Crippen molar-refractivity contribution in [2.75, 3.05) is 6.54 Å². The Morgan fingerprint density at radius 3 is 2.71 bits per heavy atom. The number of hydrogen-bond acceptors (Lipinski definition) is 2. The zero-order valence-electron chi connectivity index (χ0n) is 10.7. The summed E-state index contributed by atoms with van der Waals surface area (Å²) in [6.45, 7) is 10.7. The Hall–Kier alpha value is -0.990. The highest BCUT2D eigenvalue weighted by molar-refractivity contribution is 6.32. The summed E-state index contributed by atoms with van der Waals surface area (Å²) in [5, 5.41) is 3.98. The van der Waals surface area contributed by atoms with Crippen LogP contribution in [0.5, 0.6) is 5.75 Å². The molecule has 1 N–H and O–H groups in total. The fourth-order valence-corrected chi connectivity index (χ4v) is 1.79. The quantitative estimate of drug-likeness (QED) is 0.775. The van der Waals surface area contributed by atoms with Crippen LogP contribution < -0.4 is 10.1 Å². The lowest BCUT2D eigenvalue weighted by atomic mass is 10.1. The molecule has 2 nitrogen and oxygen atoms in total. The van der Waals surface area contributed by atoms with Gasteiger partial charge in [-0.05, 0) is 38.1 Å². The first-order valence-corrected chi connectivity index (χ1v) is 6.28. The zero-order valence-corrected chi connectivity index (χ0v) is 11.4. The molecule has 0 fully saturated rings. The molecule has 17 heavy (non-hydrogen) atoms. The van der Waals surface area contributed by atoms with E-state index in [0.29, 0.717) is 16.8 Å². The molecule has 0 aliphatic carbocycles. The lowest BCUT2D eigenvalue weighted by molar-refractivity contribution is 0.270. The summed E-state index contributed by atoms with van der Waals surface area (Å²) in [5.41, 5.74) is 1.16. The largest absolute Gasteiger partial charge is 0.485 e. The number of hydrogen-bond donors (Lipinski definition) is 1. The summed E-state index contributed by atoms with van der Waals surface area (Å²) in [6.07, 6.45) is 1.70. The molecule has 0 aliphatic heterocycles. The van der Waals surface area contributed by atoms with Gasteiger partial charge in [0, 0.05) is 6.04 Å². The lowest BCUT2D eigenvalue weighted by Crippen LogP contribution is -2.17. The molecule has 0 bridgehead atoms. The summed E-state index contributed by atoms with van der Waals surface area (Å²) < 4.78 is 5.62. The Labute approximate surface area is 109 Å². The summed E-state index contributed by atoms with van der Waals surface area (Å²) in [7, 11) is 0. The molecule has 0 saturated heterocycles. The zero-order chi connectivity index (χ0) is 12.8. The molecule has 0 spiro atoms. The van der Waals surface area contributed by atoms with Crippen LogP contribution in [0.2, 0.25) is 5.02 Å². The molecule has 1 aromatic carbocycles. The van der Waals surface area contributed by atoms with Crippen molar-refractivity contribution in [1.29, 1.82) is 0 Å². The van der Waals surface area contributed by atoms with Gasteiger partial charge in [-0.2, -0.15) is 0 Å². The average molecular weight is 254 g/mol. The van der Waals surface area contributed by atoms with Crippen molar-refractivity contribution in [2.45, 2.75) is 32.9 Å². The van der Waals surface area contributed by atoms with Gasteiger partial charge in [0.2, 0.25) is 0 Å². The minimum atomic E-state index is -0.0375. The second-order valence-corrected chi connectivity index (χ2v) is 4.44. The van der Waals surface area contributed by atoms with Gasteiger partial charge in [-0.15, -0.1) is 0 Å². The molecule has 0 heterocycles. The van der Waals surface area contributed by atoms with Gasteiger partial charge >= 0.3 is 0 Å². The van der Waals surface area contributed by atoms with Crippen LogP contribution in [0.1, 0.15) is 32.4 Å². The molecule has 3 heteroatoms. The Morgan fingerprint density at radius 2 is 2.18 bits per heavy atom. The normalized spacial score (nSPS) is 14.1. The van der Waals surface area contributed by atoms with E-state index in [4.69, 9.17) is 16.3 Å².